The zero-order valence-corrected chi connectivity index (χ0v) is 13.8. The van der Waals surface area contributed by atoms with Gasteiger partial charge < -0.3 is 10.2 Å². The summed E-state index contributed by atoms with van der Waals surface area (Å²) >= 11 is 1.95. The highest BCUT2D eigenvalue weighted by Crippen LogP contribution is 2.41. The molecule has 108 valence electrons. The van der Waals surface area contributed by atoms with E-state index in [0.717, 1.165) is 5.92 Å². The third kappa shape index (κ3) is 4.75. The molecule has 1 saturated carbocycles. The molecule has 1 rings (SSSR count). The van der Waals surface area contributed by atoms with E-state index in [2.05, 4.69) is 44.3 Å². The molecule has 0 aromatic rings. The van der Waals surface area contributed by atoms with Gasteiger partial charge in [0.05, 0.1) is 0 Å². The molecule has 0 aromatic carbocycles. The number of hydrogen-bond donors (Lipinski definition) is 1. The molecule has 0 heterocycles. The van der Waals surface area contributed by atoms with Crippen molar-refractivity contribution in [1.29, 1.82) is 0 Å². The fourth-order valence-electron chi connectivity index (χ4n) is 3.20. The molecule has 2 unspecified atom stereocenters. The second-order valence-electron chi connectivity index (χ2n) is 6.47. The summed E-state index contributed by atoms with van der Waals surface area (Å²) in [5.74, 6) is 2.08. The quantitative estimate of drug-likeness (QED) is 0.731. The lowest BCUT2D eigenvalue weighted by Crippen LogP contribution is -2.45. The van der Waals surface area contributed by atoms with Crippen molar-refractivity contribution in [3.05, 3.63) is 0 Å². The van der Waals surface area contributed by atoms with Crippen LogP contribution in [-0.4, -0.2) is 49.6 Å². The Morgan fingerprint density at radius 1 is 1.39 bits per heavy atom. The molecule has 3 heteroatoms. The Hall–Kier alpha value is 0.270. The maximum Gasteiger partial charge on any atom is 0.0159 e. The van der Waals surface area contributed by atoms with Crippen LogP contribution in [0.4, 0.5) is 0 Å². The summed E-state index contributed by atoms with van der Waals surface area (Å²) in [5.41, 5.74) is 0.472. The lowest BCUT2D eigenvalue weighted by Gasteiger charge is -2.33. The average molecular weight is 273 g/mol. The molecule has 1 aliphatic carbocycles. The Morgan fingerprint density at radius 2 is 2.11 bits per heavy atom. The third-order valence-corrected chi connectivity index (χ3v) is 4.90. The van der Waals surface area contributed by atoms with Crippen LogP contribution in [0.15, 0.2) is 0 Å². The first-order valence-corrected chi connectivity index (χ1v) is 8.81. The summed E-state index contributed by atoms with van der Waals surface area (Å²) in [4.78, 5) is 2.52. The highest BCUT2D eigenvalue weighted by Gasteiger charge is 2.41. The normalized spacial score (nSPS) is 27.0. The van der Waals surface area contributed by atoms with E-state index in [0.29, 0.717) is 11.5 Å². The lowest BCUT2D eigenvalue weighted by molar-refractivity contribution is 0.208. The van der Waals surface area contributed by atoms with Crippen molar-refractivity contribution in [2.45, 2.75) is 46.1 Å². The van der Waals surface area contributed by atoms with Gasteiger partial charge >= 0.3 is 0 Å². The van der Waals surface area contributed by atoms with E-state index in [-0.39, 0.29) is 0 Å². The summed E-state index contributed by atoms with van der Waals surface area (Å²) in [6.45, 7) is 10.8. The van der Waals surface area contributed by atoms with Gasteiger partial charge in [-0.3, -0.25) is 0 Å². The highest BCUT2D eigenvalue weighted by atomic mass is 32.2. The first-order chi connectivity index (χ1) is 8.51. The minimum absolute atomic E-state index is 0.472. The van der Waals surface area contributed by atoms with E-state index >= 15 is 0 Å². The third-order valence-electron chi connectivity index (χ3n) is 4.31. The monoisotopic (exact) mass is 272 g/mol. The molecule has 0 bridgehead atoms. The molecular formula is C15H32N2S. The van der Waals surface area contributed by atoms with Gasteiger partial charge in [0.25, 0.3) is 0 Å². The van der Waals surface area contributed by atoms with Crippen molar-refractivity contribution < 1.29 is 0 Å². The minimum Gasteiger partial charge on any atom is -0.313 e. The second kappa shape index (κ2) is 7.76. The smallest absolute Gasteiger partial charge is 0.0159 e. The van der Waals surface area contributed by atoms with Gasteiger partial charge in [0, 0.05) is 24.9 Å². The summed E-state index contributed by atoms with van der Waals surface area (Å²) in [6.07, 6.45) is 6.19. The number of nitrogens with one attached hydrogen (secondary N) is 1. The summed E-state index contributed by atoms with van der Waals surface area (Å²) in [7, 11) is 2.28. The van der Waals surface area contributed by atoms with Crippen molar-refractivity contribution >= 4 is 11.8 Å². The van der Waals surface area contributed by atoms with Gasteiger partial charge in [-0.2, -0.15) is 11.8 Å². The van der Waals surface area contributed by atoms with E-state index < -0.39 is 0 Å². The standard InChI is InChI=1S/C15H32N2S/c1-6-9-16-14-13(7-8-15(14,2)3)12-17(4)10-11-18-5/h13-14,16H,6-12H2,1-5H3. The Kier molecular flexibility index (Phi) is 7.04. The predicted octanol–water partition coefficient (Wildman–Crippen LogP) is 3.09. The Morgan fingerprint density at radius 3 is 2.72 bits per heavy atom. The van der Waals surface area contributed by atoms with Gasteiger partial charge in [-0.1, -0.05) is 20.8 Å². The molecule has 0 radical (unpaired) electrons. The Labute approximate surface area is 118 Å². The zero-order chi connectivity index (χ0) is 13.6. The van der Waals surface area contributed by atoms with Crippen molar-refractivity contribution in [2.75, 3.05) is 38.7 Å². The topological polar surface area (TPSA) is 15.3 Å². The zero-order valence-electron chi connectivity index (χ0n) is 13.0. The Bertz CT molecular complexity index is 231. The van der Waals surface area contributed by atoms with Crippen LogP contribution in [0.1, 0.15) is 40.0 Å². The molecule has 2 nitrogen and oxygen atoms in total. The number of nitrogens with zero attached hydrogens (tertiary/aromatic N) is 1. The van der Waals surface area contributed by atoms with E-state index in [1.807, 2.05) is 11.8 Å². The van der Waals surface area contributed by atoms with E-state index in [1.165, 1.54) is 44.6 Å². The first-order valence-electron chi connectivity index (χ1n) is 7.42. The van der Waals surface area contributed by atoms with Crippen LogP contribution in [0.3, 0.4) is 0 Å². The molecule has 1 aliphatic rings. The minimum atomic E-state index is 0.472. The molecule has 0 spiro atoms. The van der Waals surface area contributed by atoms with Crippen molar-refractivity contribution in [3.8, 4) is 0 Å². The fourth-order valence-corrected chi connectivity index (χ4v) is 3.69. The number of hydrogen-bond acceptors (Lipinski definition) is 3. The molecular weight excluding hydrogens is 240 g/mol. The lowest BCUT2D eigenvalue weighted by atomic mass is 9.84. The van der Waals surface area contributed by atoms with Gasteiger partial charge in [0.1, 0.15) is 0 Å². The average Bonchev–Trinajstić information content (AvgIpc) is 2.59. The van der Waals surface area contributed by atoms with Gasteiger partial charge in [0.2, 0.25) is 0 Å². The second-order valence-corrected chi connectivity index (χ2v) is 7.46. The van der Waals surface area contributed by atoms with Gasteiger partial charge in [-0.25, -0.2) is 0 Å². The van der Waals surface area contributed by atoms with E-state index in [1.54, 1.807) is 0 Å². The highest BCUT2D eigenvalue weighted by molar-refractivity contribution is 7.98. The van der Waals surface area contributed by atoms with Crippen LogP contribution < -0.4 is 5.32 Å². The van der Waals surface area contributed by atoms with Crippen LogP contribution in [0.25, 0.3) is 0 Å². The molecule has 0 aromatic heterocycles. The summed E-state index contributed by atoms with van der Waals surface area (Å²) in [6, 6.07) is 0.703. The van der Waals surface area contributed by atoms with Crippen LogP contribution in [0, 0.1) is 11.3 Å². The number of rotatable bonds is 8. The van der Waals surface area contributed by atoms with Crippen LogP contribution >= 0.6 is 11.8 Å². The molecule has 2 atom stereocenters. The van der Waals surface area contributed by atoms with Crippen LogP contribution in [-0.2, 0) is 0 Å². The SMILES string of the molecule is CCCNC1C(CN(C)CCSC)CCC1(C)C. The van der Waals surface area contributed by atoms with Gasteiger partial charge in [-0.05, 0) is 50.4 Å². The molecule has 18 heavy (non-hydrogen) atoms. The number of thioether (sulfide) groups is 1. The van der Waals surface area contributed by atoms with Crippen molar-refractivity contribution in [2.24, 2.45) is 11.3 Å². The van der Waals surface area contributed by atoms with Crippen LogP contribution in [0.2, 0.25) is 0 Å². The Balaban J connectivity index is 2.47. The van der Waals surface area contributed by atoms with E-state index in [9.17, 15) is 0 Å². The molecule has 1 N–H and O–H groups in total. The largest absolute Gasteiger partial charge is 0.313 e. The van der Waals surface area contributed by atoms with Crippen molar-refractivity contribution in [3.63, 3.8) is 0 Å². The first kappa shape index (κ1) is 16.3. The molecule has 0 aliphatic heterocycles. The van der Waals surface area contributed by atoms with E-state index in [4.69, 9.17) is 0 Å². The summed E-state index contributed by atoms with van der Waals surface area (Å²) in [5, 5.41) is 3.80. The van der Waals surface area contributed by atoms with Gasteiger partial charge in [-0.15, -0.1) is 0 Å². The maximum absolute atomic E-state index is 3.80. The molecule has 1 fully saturated rings. The van der Waals surface area contributed by atoms with Crippen molar-refractivity contribution in [1.82, 2.24) is 10.2 Å². The fraction of sp³-hybridized carbons (Fsp3) is 1.00. The molecule has 0 saturated heterocycles. The van der Waals surface area contributed by atoms with Crippen LogP contribution in [0.5, 0.6) is 0 Å². The van der Waals surface area contributed by atoms with Gasteiger partial charge in [0.15, 0.2) is 0 Å². The maximum atomic E-state index is 3.80. The molecule has 0 amide bonds. The predicted molar refractivity (Wildman–Crippen MR) is 84.5 cm³/mol. The summed E-state index contributed by atoms with van der Waals surface area (Å²) < 4.78 is 0.